The van der Waals surface area contributed by atoms with Gasteiger partial charge in [-0.2, -0.15) is 0 Å². The van der Waals surface area contributed by atoms with E-state index in [9.17, 15) is 14.7 Å². The fourth-order valence-electron chi connectivity index (χ4n) is 3.62. The average Bonchev–Trinajstić information content (AvgIpc) is 3.16. The Hall–Kier alpha value is -2.50. The molecule has 1 aromatic carbocycles. The summed E-state index contributed by atoms with van der Waals surface area (Å²) in [7, 11) is 3.04. The van der Waals surface area contributed by atoms with Crippen molar-refractivity contribution in [2.45, 2.75) is 6.42 Å². The molecule has 0 aromatic heterocycles. The highest BCUT2D eigenvalue weighted by atomic mass is 16.5. The number of carbonyl (C=O) groups excluding carboxylic acids is 2. The maximum absolute atomic E-state index is 12.6. The van der Waals surface area contributed by atoms with Crippen LogP contribution in [0.15, 0.2) is 30.4 Å². The fourth-order valence-corrected chi connectivity index (χ4v) is 3.62. The third kappa shape index (κ3) is 2.65. The number of fused-ring (bicyclic) bond motifs is 2. The summed E-state index contributed by atoms with van der Waals surface area (Å²) in [5.41, 5.74) is 0.488. The second kappa shape index (κ2) is 5.95. The summed E-state index contributed by atoms with van der Waals surface area (Å²) < 4.78 is 10.4. The SMILES string of the molecule is COc1ccc(NC(=O)C2C3C=CC(C3)C2C(=O)[O-])c(OC)c1. The summed E-state index contributed by atoms with van der Waals surface area (Å²) >= 11 is 0. The monoisotopic (exact) mass is 316 g/mol. The summed E-state index contributed by atoms with van der Waals surface area (Å²) in [6.45, 7) is 0. The number of carboxylic acids is 1. The third-order valence-corrected chi connectivity index (χ3v) is 4.70. The number of carboxylic acid groups (broad SMARTS) is 1. The molecule has 4 atom stereocenters. The first-order valence-electron chi connectivity index (χ1n) is 7.47. The van der Waals surface area contributed by atoms with Crippen molar-refractivity contribution in [2.75, 3.05) is 19.5 Å². The minimum absolute atomic E-state index is 0.0489. The van der Waals surface area contributed by atoms with E-state index in [0.717, 1.165) is 0 Å². The molecule has 6 heteroatoms. The van der Waals surface area contributed by atoms with Crippen molar-refractivity contribution in [2.24, 2.45) is 23.7 Å². The van der Waals surface area contributed by atoms with Crippen LogP contribution in [0.2, 0.25) is 0 Å². The van der Waals surface area contributed by atoms with Crippen molar-refractivity contribution in [3.63, 3.8) is 0 Å². The lowest BCUT2D eigenvalue weighted by atomic mass is 9.82. The highest BCUT2D eigenvalue weighted by molar-refractivity contribution is 5.97. The molecule has 2 aliphatic carbocycles. The van der Waals surface area contributed by atoms with E-state index in [2.05, 4.69) is 5.32 Å². The van der Waals surface area contributed by atoms with Gasteiger partial charge >= 0.3 is 0 Å². The lowest BCUT2D eigenvalue weighted by molar-refractivity contribution is -0.313. The number of amides is 1. The number of benzene rings is 1. The number of hydrogen-bond donors (Lipinski definition) is 1. The van der Waals surface area contributed by atoms with Gasteiger partial charge in [0.2, 0.25) is 5.91 Å². The van der Waals surface area contributed by atoms with Crippen LogP contribution in [0.4, 0.5) is 5.69 Å². The van der Waals surface area contributed by atoms with E-state index in [1.54, 1.807) is 25.3 Å². The molecule has 4 unspecified atom stereocenters. The Kier molecular flexibility index (Phi) is 3.98. The zero-order valence-electron chi connectivity index (χ0n) is 12.9. The summed E-state index contributed by atoms with van der Waals surface area (Å²) in [6, 6.07) is 5.04. The molecule has 1 saturated carbocycles. The van der Waals surface area contributed by atoms with Gasteiger partial charge in [-0.25, -0.2) is 0 Å². The second-order valence-electron chi connectivity index (χ2n) is 5.87. The molecule has 0 aliphatic heterocycles. The smallest absolute Gasteiger partial charge is 0.228 e. The highest BCUT2D eigenvalue weighted by Crippen LogP contribution is 2.48. The predicted molar refractivity (Wildman–Crippen MR) is 80.9 cm³/mol. The molecule has 1 fully saturated rings. The molecule has 23 heavy (non-hydrogen) atoms. The Morgan fingerprint density at radius 3 is 2.43 bits per heavy atom. The van der Waals surface area contributed by atoms with E-state index in [0.29, 0.717) is 23.6 Å². The lowest BCUT2D eigenvalue weighted by Gasteiger charge is -2.28. The molecule has 0 radical (unpaired) electrons. The maximum Gasteiger partial charge on any atom is 0.228 e. The number of rotatable bonds is 5. The van der Waals surface area contributed by atoms with E-state index in [1.165, 1.54) is 7.11 Å². The van der Waals surface area contributed by atoms with Crippen LogP contribution in [-0.4, -0.2) is 26.1 Å². The summed E-state index contributed by atoms with van der Waals surface area (Å²) in [5.74, 6) is -1.96. The highest BCUT2D eigenvalue weighted by Gasteiger charge is 2.48. The van der Waals surface area contributed by atoms with Crippen LogP contribution in [0.3, 0.4) is 0 Å². The molecule has 2 aliphatic rings. The molecule has 122 valence electrons. The molecule has 1 amide bonds. The number of methoxy groups -OCH3 is 2. The van der Waals surface area contributed by atoms with Gasteiger partial charge in [-0.15, -0.1) is 0 Å². The number of nitrogens with one attached hydrogen (secondary N) is 1. The number of anilines is 1. The largest absolute Gasteiger partial charge is 0.550 e. The zero-order valence-corrected chi connectivity index (χ0v) is 12.9. The molecule has 3 rings (SSSR count). The molecular weight excluding hydrogens is 298 g/mol. The molecule has 6 nitrogen and oxygen atoms in total. The molecule has 0 heterocycles. The average molecular weight is 316 g/mol. The van der Waals surface area contributed by atoms with Crippen molar-refractivity contribution in [1.29, 1.82) is 0 Å². The van der Waals surface area contributed by atoms with Crippen LogP contribution in [0, 0.1) is 23.7 Å². The first-order chi connectivity index (χ1) is 11.0. The fraction of sp³-hybridized carbons (Fsp3) is 0.412. The molecular formula is C17H18NO5-. The van der Waals surface area contributed by atoms with Crippen LogP contribution in [0.1, 0.15) is 6.42 Å². The Balaban J connectivity index is 1.82. The van der Waals surface area contributed by atoms with Crippen molar-refractivity contribution >= 4 is 17.6 Å². The number of allylic oxidation sites excluding steroid dienone is 2. The van der Waals surface area contributed by atoms with Gasteiger partial charge in [0.25, 0.3) is 0 Å². The van der Waals surface area contributed by atoms with Crippen LogP contribution in [-0.2, 0) is 9.59 Å². The number of ether oxygens (including phenoxy) is 2. The van der Waals surface area contributed by atoms with Gasteiger partial charge in [0.15, 0.2) is 0 Å². The van der Waals surface area contributed by atoms with Crippen molar-refractivity contribution < 1.29 is 24.2 Å². The summed E-state index contributed by atoms with van der Waals surface area (Å²) in [4.78, 5) is 24.0. The first kappa shape index (κ1) is 15.4. The lowest BCUT2D eigenvalue weighted by Crippen LogP contribution is -2.42. The van der Waals surface area contributed by atoms with Gasteiger partial charge < -0.3 is 24.7 Å². The van der Waals surface area contributed by atoms with E-state index in [1.807, 2.05) is 12.2 Å². The molecule has 0 saturated heterocycles. The number of carbonyl (C=O) groups is 2. The van der Waals surface area contributed by atoms with E-state index >= 15 is 0 Å². The standard InChI is InChI=1S/C17H19NO5/c1-22-11-5-6-12(13(8-11)23-2)18-16(19)14-9-3-4-10(7-9)15(14)17(20)21/h3-6,8-10,14-15H,7H2,1-2H3,(H,18,19)(H,20,21)/p-1. The van der Waals surface area contributed by atoms with Gasteiger partial charge in [0, 0.05) is 18.0 Å². The minimum Gasteiger partial charge on any atom is -0.550 e. The molecule has 2 bridgehead atoms. The summed E-state index contributed by atoms with van der Waals surface area (Å²) in [6.07, 6.45) is 4.50. The van der Waals surface area contributed by atoms with E-state index in [4.69, 9.17) is 9.47 Å². The molecule has 1 N–H and O–H groups in total. The Morgan fingerprint density at radius 2 is 1.83 bits per heavy atom. The quantitative estimate of drug-likeness (QED) is 0.813. The van der Waals surface area contributed by atoms with Crippen LogP contribution < -0.4 is 19.9 Å². The first-order valence-corrected chi connectivity index (χ1v) is 7.47. The number of hydrogen-bond acceptors (Lipinski definition) is 5. The van der Waals surface area contributed by atoms with Crippen LogP contribution >= 0.6 is 0 Å². The topological polar surface area (TPSA) is 87.7 Å². The minimum atomic E-state index is -1.16. The van der Waals surface area contributed by atoms with Gasteiger partial charge in [0.05, 0.1) is 25.8 Å². The van der Waals surface area contributed by atoms with Gasteiger partial charge in [-0.05, 0) is 30.4 Å². The van der Waals surface area contributed by atoms with Crippen LogP contribution in [0.5, 0.6) is 11.5 Å². The third-order valence-electron chi connectivity index (χ3n) is 4.70. The normalized spacial score (nSPS) is 27.7. The van der Waals surface area contributed by atoms with Gasteiger partial charge in [0.1, 0.15) is 11.5 Å². The Morgan fingerprint density at radius 1 is 1.13 bits per heavy atom. The molecule has 1 aromatic rings. The number of aliphatic carboxylic acids is 1. The van der Waals surface area contributed by atoms with Crippen molar-refractivity contribution in [3.8, 4) is 11.5 Å². The maximum atomic E-state index is 12.6. The van der Waals surface area contributed by atoms with Crippen molar-refractivity contribution in [1.82, 2.24) is 0 Å². The van der Waals surface area contributed by atoms with Crippen LogP contribution in [0.25, 0.3) is 0 Å². The Labute approximate surface area is 134 Å². The Bertz CT molecular complexity index is 669. The molecule has 0 spiro atoms. The second-order valence-corrected chi connectivity index (χ2v) is 5.87. The van der Waals surface area contributed by atoms with Gasteiger partial charge in [-0.1, -0.05) is 12.2 Å². The van der Waals surface area contributed by atoms with Gasteiger partial charge in [-0.3, -0.25) is 4.79 Å². The van der Waals surface area contributed by atoms with E-state index in [-0.39, 0.29) is 17.7 Å². The predicted octanol–water partition coefficient (Wildman–Crippen LogP) is 0.830. The van der Waals surface area contributed by atoms with Crippen molar-refractivity contribution in [3.05, 3.63) is 30.4 Å². The summed E-state index contributed by atoms with van der Waals surface area (Å²) in [5, 5.41) is 14.2. The van der Waals surface area contributed by atoms with E-state index < -0.39 is 17.8 Å². The zero-order chi connectivity index (χ0) is 16.6.